The van der Waals surface area contributed by atoms with Gasteiger partial charge in [0.1, 0.15) is 23.3 Å². The molecule has 0 aliphatic heterocycles. The van der Waals surface area contributed by atoms with Gasteiger partial charge in [-0.1, -0.05) is 72.8 Å². The third kappa shape index (κ3) is 6.75. The van der Waals surface area contributed by atoms with Crippen LogP contribution in [0.3, 0.4) is 0 Å². The molecule has 0 aliphatic rings. The van der Waals surface area contributed by atoms with Gasteiger partial charge in [0.2, 0.25) is 0 Å². The molecule has 0 radical (unpaired) electrons. The topological polar surface area (TPSA) is 34.6 Å². The van der Waals surface area contributed by atoms with Crippen LogP contribution in [0.15, 0.2) is 170 Å². The van der Waals surface area contributed by atoms with Crippen molar-refractivity contribution >= 4 is 72.1 Å². The van der Waals surface area contributed by atoms with Gasteiger partial charge in [0.15, 0.2) is 17.3 Å². The van der Waals surface area contributed by atoms with E-state index in [1.165, 1.54) is 60.7 Å². The van der Waals surface area contributed by atoms with E-state index in [0.717, 1.165) is 33.7 Å². The summed E-state index contributed by atoms with van der Waals surface area (Å²) in [6.45, 7) is 7.57. The average molecular weight is 847 g/mol. The van der Waals surface area contributed by atoms with Crippen molar-refractivity contribution in [1.82, 2.24) is 0 Å². The molecule has 0 saturated carbocycles. The Bertz CT molecular complexity index is 3290. The van der Waals surface area contributed by atoms with Gasteiger partial charge < -0.3 is 9.80 Å². The summed E-state index contributed by atoms with van der Waals surface area (Å²) in [6, 6.07) is 44.8. The molecule has 0 amide bonds. The van der Waals surface area contributed by atoms with E-state index in [1.807, 2.05) is 48.5 Å². The lowest BCUT2D eigenvalue weighted by Gasteiger charge is -2.31. The molecule has 0 aromatic heterocycles. The minimum Gasteiger partial charge on any atom is -0.307 e. The van der Waals surface area contributed by atoms with Crippen LogP contribution in [0.4, 0.5) is 66.2 Å². The van der Waals surface area contributed by atoms with Crippen LogP contribution in [0.1, 0.15) is 5.56 Å². The number of hydrogen-bond acceptors (Lipinski definition) is 3. The van der Waals surface area contributed by atoms with Crippen LogP contribution in [0.2, 0.25) is 0 Å². The number of anilines is 6. The Balaban J connectivity index is 1.27. The normalized spacial score (nSPS) is 11.2. The Morgan fingerprint density at radius 1 is 0.438 bits per heavy atom. The Morgan fingerprint density at radius 2 is 0.844 bits per heavy atom. The Kier molecular flexibility index (Phi) is 9.70. The predicted octanol–water partition coefficient (Wildman–Crippen LogP) is 16.1. The maximum absolute atomic E-state index is 16.7. The predicted molar refractivity (Wildman–Crippen MR) is 241 cm³/mol. The highest BCUT2D eigenvalue weighted by Gasteiger charge is 2.28. The number of halogens is 6. The van der Waals surface area contributed by atoms with Crippen molar-refractivity contribution in [2.24, 2.45) is 0 Å². The standard InChI is InChI=1S/C54H28F6N4/c1-62-40-16-20-42(21-17-40)64(54-46(27-39(58)29-48(54)60)33-6-14-37(56)15-7-33)50-25-11-35-8-22-43-49(24-10-34-9-23-44(50)52(35)51(34)43)63(41-18-2-31(30-61)3-19-41)53-45(26-38(57)28-47(53)59)32-4-12-36(55)13-5-32/h2-29H. The summed E-state index contributed by atoms with van der Waals surface area (Å²) in [5.74, 6) is -4.50. The molecule has 0 saturated heterocycles. The number of rotatable bonds is 8. The Labute approximate surface area is 362 Å². The van der Waals surface area contributed by atoms with Crippen molar-refractivity contribution in [3.63, 3.8) is 0 Å². The monoisotopic (exact) mass is 846 g/mol. The second-order valence-corrected chi connectivity index (χ2v) is 15.1. The van der Waals surface area contributed by atoms with E-state index in [0.29, 0.717) is 55.9 Å². The van der Waals surface area contributed by atoms with E-state index in [1.54, 1.807) is 58.3 Å². The molecular weight excluding hydrogens is 819 g/mol. The maximum atomic E-state index is 16.7. The third-order valence-electron chi connectivity index (χ3n) is 11.4. The fraction of sp³-hybridized carbons (Fsp3) is 0. The molecule has 0 fully saturated rings. The van der Waals surface area contributed by atoms with Crippen molar-refractivity contribution in [2.45, 2.75) is 0 Å². The van der Waals surface area contributed by atoms with Gasteiger partial charge >= 0.3 is 0 Å². The molecule has 0 heterocycles. The minimum absolute atomic E-state index is 0.0219. The Hall–Kier alpha value is -8.60. The zero-order valence-corrected chi connectivity index (χ0v) is 33.2. The molecule has 0 spiro atoms. The van der Waals surface area contributed by atoms with Crippen LogP contribution in [0.5, 0.6) is 0 Å². The van der Waals surface area contributed by atoms with Crippen LogP contribution in [0, 0.1) is 52.8 Å². The van der Waals surface area contributed by atoms with Crippen LogP contribution >= 0.6 is 0 Å². The fourth-order valence-electron chi connectivity index (χ4n) is 8.58. The van der Waals surface area contributed by atoms with Crippen LogP contribution in [-0.4, -0.2) is 0 Å². The smallest absolute Gasteiger partial charge is 0.187 e. The molecule has 0 bridgehead atoms. The van der Waals surface area contributed by atoms with E-state index in [4.69, 9.17) is 6.57 Å². The minimum atomic E-state index is -0.894. The SMILES string of the molecule is [C-]#[N+]c1ccc(N(c2c(F)cc(F)cc2-c2ccc(F)cc2)c2ccc3ccc4c(N(c5ccc(C#N)cc5)c5c(F)cc(F)cc5-c5ccc(F)cc5)ccc5ccc2c3c54)cc1. The van der Waals surface area contributed by atoms with Gasteiger partial charge in [-0.15, -0.1) is 0 Å². The van der Waals surface area contributed by atoms with Crippen molar-refractivity contribution in [3.05, 3.63) is 222 Å². The van der Waals surface area contributed by atoms with Crippen molar-refractivity contribution in [1.29, 1.82) is 5.26 Å². The van der Waals surface area contributed by atoms with E-state index >= 15 is 17.6 Å². The summed E-state index contributed by atoms with van der Waals surface area (Å²) in [4.78, 5) is 6.83. The van der Waals surface area contributed by atoms with Gasteiger partial charge in [-0.05, 0) is 118 Å². The lowest BCUT2D eigenvalue weighted by Crippen LogP contribution is -2.15. The lowest BCUT2D eigenvalue weighted by atomic mass is 9.91. The molecule has 10 aromatic rings. The number of hydrogen-bond donors (Lipinski definition) is 0. The van der Waals surface area contributed by atoms with E-state index < -0.39 is 34.9 Å². The second-order valence-electron chi connectivity index (χ2n) is 15.1. The first-order chi connectivity index (χ1) is 31.1. The van der Waals surface area contributed by atoms with Crippen molar-refractivity contribution in [2.75, 3.05) is 9.80 Å². The second kappa shape index (κ2) is 15.7. The molecule has 0 aliphatic carbocycles. The van der Waals surface area contributed by atoms with Gasteiger partial charge in [-0.3, -0.25) is 0 Å². The van der Waals surface area contributed by atoms with Crippen LogP contribution in [-0.2, 0) is 0 Å². The molecular formula is C54H28F6N4. The summed E-state index contributed by atoms with van der Waals surface area (Å²) in [5.41, 5.74) is 3.53. The summed E-state index contributed by atoms with van der Waals surface area (Å²) >= 11 is 0. The molecule has 0 atom stereocenters. The molecule has 10 rings (SSSR count). The molecule has 0 N–H and O–H groups in total. The van der Waals surface area contributed by atoms with Gasteiger partial charge in [0.05, 0.1) is 41.0 Å². The highest BCUT2D eigenvalue weighted by Crippen LogP contribution is 2.51. The summed E-state index contributed by atoms with van der Waals surface area (Å²) in [5, 5.41) is 14.1. The molecule has 0 unspecified atom stereocenters. The molecule has 10 heteroatoms. The Morgan fingerprint density at radius 3 is 1.25 bits per heavy atom. The molecule has 306 valence electrons. The van der Waals surface area contributed by atoms with Crippen LogP contribution < -0.4 is 9.80 Å². The largest absolute Gasteiger partial charge is 0.307 e. The first kappa shape index (κ1) is 39.5. The highest BCUT2D eigenvalue weighted by atomic mass is 19.2. The van der Waals surface area contributed by atoms with Gasteiger partial charge in [-0.25, -0.2) is 31.2 Å². The van der Waals surface area contributed by atoms with E-state index in [9.17, 15) is 14.0 Å². The van der Waals surface area contributed by atoms with Gasteiger partial charge in [-0.2, -0.15) is 5.26 Å². The van der Waals surface area contributed by atoms with Crippen molar-refractivity contribution < 1.29 is 26.3 Å². The number of benzene rings is 10. The third-order valence-corrected chi connectivity index (χ3v) is 11.4. The molecule has 10 aromatic carbocycles. The fourth-order valence-corrected chi connectivity index (χ4v) is 8.58. The van der Waals surface area contributed by atoms with Crippen LogP contribution in [0.25, 0.3) is 59.4 Å². The summed E-state index contributed by atoms with van der Waals surface area (Å²) in [6.07, 6.45) is 0. The maximum Gasteiger partial charge on any atom is 0.187 e. The lowest BCUT2D eigenvalue weighted by molar-refractivity contribution is 0.584. The molecule has 4 nitrogen and oxygen atoms in total. The van der Waals surface area contributed by atoms with Gasteiger partial charge in [0, 0.05) is 45.4 Å². The first-order valence-electron chi connectivity index (χ1n) is 19.9. The highest BCUT2D eigenvalue weighted by molar-refractivity contribution is 6.28. The van der Waals surface area contributed by atoms with Crippen molar-refractivity contribution in [3.8, 4) is 28.3 Å². The van der Waals surface area contributed by atoms with E-state index in [-0.39, 0.29) is 22.5 Å². The summed E-state index contributed by atoms with van der Waals surface area (Å²) < 4.78 is 92.1. The molecule has 64 heavy (non-hydrogen) atoms. The van der Waals surface area contributed by atoms with E-state index in [2.05, 4.69) is 10.9 Å². The number of nitriles is 1. The average Bonchev–Trinajstić information content (AvgIpc) is 3.31. The zero-order chi connectivity index (χ0) is 44.2. The number of nitrogens with zero attached hydrogens (tertiary/aromatic N) is 4. The van der Waals surface area contributed by atoms with Gasteiger partial charge in [0.25, 0.3) is 0 Å². The first-order valence-corrected chi connectivity index (χ1v) is 19.9. The quantitative estimate of drug-likeness (QED) is 0.0868. The zero-order valence-electron chi connectivity index (χ0n) is 33.2. The summed E-state index contributed by atoms with van der Waals surface area (Å²) in [7, 11) is 0.